The van der Waals surface area contributed by atoms with Crippen molar-refractivity contribution >= 4 is 17.6 Å². The van der Waals surface area contributed by atoms with Crippen LogP contribution in [-0.4, -0.2) is 15.6 Å². The molecular formula is C8H12N2S. The molecule has 0 atom stereocenters. The van der Waals surface area contributed by atoms with Gasteiger partial charge in [-0.25, -0.2) is 0 Å². The van der Waals surface area contributed by atoms with Crippen LogP contribution >= 0.6 is 12.2 Å². The second-order valence-electron chi connectivity index (χ2n) is 3.57. The van der Waals surface area contributed by atoms with Crippen molar-refractivity contribution in [3.8, 4) is 0 Å². The maximum absolute atomic E-state index is 4.83. The molecule has 0 saturated carbocycles. The van der Waals surface area contributed by atoms with Gasteiger partial charge in [0.2, 0.25) is 0 Å². The molecule has 11 heavy (non-hydrogen) atoms. The standard InChI is InChI=1S/C8H12N2S/c1-8(2,3)6-4-9-10-7(6)5-11/h4-5H,1-3H3,(H,9,10). The number of rotatable bonds is 1. The van der Waals surface area contributed by atoms with Gasteiger partial charge in [0.25, 0.3) is 0 Å². The van der Waals surface area contributed by atoms with Crippen molar-refractivity contribution in [2.24, 2.45) is 0 Å². The Bertz CT molecular complexity index is 257. The number of H-pyrrole nitrogens is 1. The summed E-state index contributed by atoms with van der Waals surface area (Å²) in [5, 5.41) is 8.42. The number of aromatic nitrogens is 2. The first-order valence-corrected chi connectivity index (χ1v) is 4.02. The monoisotopic (exact) mass is 168 g/mol. The smallest absolute Gasteiger partial charge is 0.0722 e. The lowest BCUT2D eigenvalue weighted by atomic mass is 9.88. The van der Waals surface area contributed by atoms with Gasteiger partial charge in [0.15, 0.2) is 0 Å². The summed E-state index contributed by atoms with van der Waals surface area (Å²) in [6, 6.07) is 0. The van der Waals surface area contributed by atoms with Crippen molar-refractivity contribution < 1.29 is 0 Å². The van der Waals surface area contributed by atoms with Gasteiger partial charge >= 0.3 is 0 Å². The van der Waals surface area contributed by atoms with E-state index in [1.165, 1.54) is 5.56 Å². The average molecular weight is 168 g/mol. The van der Waals surface area contributed by atoms with Gasteiger partial charge in [-0.2, -0.15) is 5.10 Å². The molecule has 3 heteroatoms. The summed E-state index contributed by atoms with van der Waals surface area (Å²) in [7, 11) is 0. The summed E-state index contributed by atoms with van der Waals surface area (Å²) in [5.41, 5.74) is 2.25. The van der Waals surface area contributed by atoms with Crippen molar-refractivity contribution in [2.75, 3.05) is 0 Å². The molecule has 1 N–H and O–H groups in total. The van der Waals surface area contributed by atoms with Crippen molar-refractivity contribution in [1.29, 1.82) is 0 Å². The van der Waals surface area contributed by atoms with Gasteiger partial charge in [0, 0.05) is 10.9 Å². The highest BCUT2D eigenvalue weighted by Gasteiger charge is 2.18. The largest absolute Gasteiger partial charge is 0.277 e. The quantitative estimate of drug-likeness (QED) is 0.650. The minimum Gasteiger partial charge on any atom is -0.277 e. The zero-order chi connectivity index (χ0) is 8.48. The minimum absolute atomic E-state index is 0.123. The van der Waals surface area contributed by atoms with Gasteiger partial charge in [0.1, 0.15) is 0 Å². The highest BCUT2D eigenvalue weighted by molar-refractivity contribution is 7.79. The molecule has 0 bridgehead atoms. The van der Waals surface area contributed by atoms with Crippen LogP contribution in [0.5, 0.6) is 0 Å². The maximum Gasteiger partial charge on any atom is 0.0722 e. The van der Waals surface area contributed by atoms with E-state index in [4.69, 9.17) is 12.2 Å². The maximum atomic E-state index is 4.83. The van der Waals surface area contributed by atoms with Crippen molar-refractivity contribution in [3.05, 3.63) is 17.5 Å². The van der Waals surface area contributed by atoms with E-state index in [2.05, 4.69) is 31.0 Å². The lowest BCUT2D eigenvalue weighted by Crippen LogP contribution is -2.12. The number of thiocarbonyl (C=S) groups is 1. The van der Waals surface area contributed by atoms with E-state index in [0.29, 0.717) is 0 Å². The fourth-order valence-electron chi connectivity index (χ4n) is 0.984. The number of nitrogens with one attached hydrogen (secondary N) is 1. The summed E-state index contributed by atoms with van der Waals surface area (Å²) < 4.78 is 0. The van der Waals surface area contributed by atoms with Crippen LogP contribution < -0.4 is 0 Å². The Morgan fingerprint density at radius 3 is 2.55 bits per heavy atom. The fourth-order valence-corrected chi connectivity index (χ4v) is 1.16. The van der Waals surface area contributed by atoms with Crippen LogP contribution in [0, 0.1) is 0 Å². The van der Waals surface area contributed by atoms with Crippen LogP contribution in [-0.2, 0) is 5.41 Å². The zero-order valence-corrected chi connectivity index (χ0v) is 7.83. The van der Waals surface area contributed by atoms with Gasteiger partial charge in [-0.3, -0.25) is 5.10 Å². The van der Waals surface area contributed by atoms with Crippen LogP contribution in [0.15, 0.2) is 6.20 Å². The molecule has 0 saturated heterocycles. The Labute approximate surface area is 72.0 Å². The van der Waals surface area contributed by atoms with Gasteiger partial charge in [-0.1, -0.05) is 33.0 Å². The van der Waals surface area contributed by atoms with E-state index < -0.39 is 0 Å². The summed E-state index contributed by atoms with van der Waals surface area (Å²) in [6.45, 7) is 6.42. The molecule has 0 aliphatic carbocycles. The number of nitrogens with zero attached hydrogens (tertiary/aromatic N) is 1. The van der Waals surface area contributed by atoms with Gasteiger partial charge in [-0.05, 0) is 5.41 Å². The van der Waals surface area contributed by atoms with Crippen LogP contribution in [0.3, 0.4) is 0 Å². The first kappa shape index (κ1) is 8.40. The molecule has 0 aliphatic rings. The Morgan fingerprint density at radius 2 is 2.18 bits per heavy atom. The SMILES string of the molecule is CC(C)(C)c1cn[nH]c1C=S. The number of aromatic amines is 1. The molecule has 1 heterocycles. The topological polar surface area (TPSA) is 28.7 Å². The molecule has 1 aromatic rings. The Morgan fingerprint density at radius 1 is 1.55 bits per heavy atom. The molecule has 0 aromatic carbocycles. The molecule has 60 valence electrons. The lowest BCUT2D eigenvalue weighted by molar-refractivity contribution is 0.590. The van der Waals surface area contributed by atoms with Crippen LogP contribution in [0.1, 0.15) is 32.0 Å². The summed E-state index contributed by atoms with van der Waals surface area (Å²) >= 11 is 4.83. The van der Waals surface area contributed by atoms with E-state index >= 15 is 0 Å². The molecule has 0 unspecified atom stereocenters. The Kier molecular flexibility index (Phi) is 2.09. The normalized spacial score (nSPS) is 11.5. The molecule has 0 amide bonds. The van der Waals surface area contributed by atoms with E-state index in [9.17, 15) is 0 Å². The molecule has 0 spiro atoms. The van der Waals surface area contributed by atoms with Gasteiger partial charge in [0.05, 0.1) is 11.9 Å². The molecule has 1 aromatic heterocycles. The van der Waals surface area contributed by atoms with E-state index in [1.54, 1.807) is 5.37 Å². The first-order valence-electron chi connectivity index (χ1n) is 3.54. The third-order valence-corrected chi connectivity index (χ3v) is 1.83. The predicted molar refractivity (Wildman–Crippen MR) is 50.0 cm³/mol. The number of hydrogen-bond acceptors (Lipinski definition) is 2. The molecule has 0 aliphatic heterocycles. The zero-order valence-electron chi connectivity index (χ0n) is 7.01. The molecule has 2 nitrogen and oxygen atoms in total. The predicted octanol–water partition coefficient (Wildman–Crippen LogP) is 2.05. The van der Waals surface area contributed by atoms with E-state index in [0.717, 1.165) is 5.69 Å². The second kappa shape index (κ2) is 2.74. The fraction of sp³-hybridized carbons (Fsp3) is 0.500. The molecule has 0 radical (unpaired) electrons. The Balaban J connectivity index is 3.12. The first-order chi connectivity index (χ1) is 5.05. The summed E-state index contributed by atoms with van der Waals surface area (Å²) in [4.78, 5) is 0. The van der Waals surface area contributed by atoms with Crippen molar-refractivity contribution in [2.45, 2.75) is 26.2 Å². The number of hydrogen-bond donors (Lipinski definition) is 1. The summed E-state index contributed by atoms with van der Waals surface area (Å²) in [5.74, 6) is 0. The van der Waals surface area contributed by atoms with Crippen LogP contribution in [0.4, 0.5) is 0 Å². The Hall–Kier alpha value is -0.700. The average Bonchev–Trinajstić information content (AvgIpc) is 2.31. The van der Waals surface area contributed by atoms with Crippen LogP contribution in [0.2, 0.25) is 0 Å². The van der Waals surface area contributed by atoms with Gasteiger partial charge in [-0.15, -0.1) is 0 Å². The third kappa shape index (κ3) is 1.66. The minimum atomic E-state index is 0.123. The molecule has 1 rings (SSSR count). The third-order valence-electron chi connectivity index (χ3n) is 1.59. The van der Waals surface area contributed by atoms with Crippen molar-refractivity contribution in [3.63, 3.8) is 0 Å². The van der Waals surface area contributed by atoms with Crippen molar-refractivity contribution in [1.82, 2.24) is 10.2 Å². The van der Waals surface area contributed by atoms with E-state index in [-0.39, 0.29) is 5.41 Å². The summed E-state index contributed by atoms with van der Waals surface area (Å²) in [6.07, 6.45) is 1.83. The van der Waals surface area contributed by atoms with Gasteiger partial charge < -0.3 is 0 Å². The highest BCUT2D eigenvalue weighted by Crippen LogP contribution is 2.22. The molecule has 0 fully saturated rings. The molecular weight excluding hydrogens is 156 g/mol. The second-order valence-corrected chi connectivity index (χ2v) is 3.80. The highest BCUT2D eigenvalue weighted by atomic mass is 32.1. The van der Waals surface area contributed by atoms with E-state index in [1.807, 2.05) is 6.20 Å². The lowest BCUT2D eigenvalue weighted by Gasteiger charge is -2.16. The van der Waals surface area contributed by atoms with Crippen LogP contribution in [0.25, 0.3) is 0 Å².